The fraction of sp³-hybridized carbons (Fsp3) is 0.955. The molecule has 0 aliphatic rings. The molecule has 0 radical (unpaired) electrons. The summed E-state index contributed by atoms with van der Waals surface area (Å²) in [6.07, 6.45) is 38.2. The molecule has 0 fully saturated rings. The van der Waals surface area contributed by atoms with E-state index in [0.29, 0.717) is 20.7 Å². The molecule has 50 heavy (non-hydrogen) atoms. The van der Waals surface area contributed by atoms with Gasteiger partial charge in [0.15, 0.2) is 10.2 Å². The summed E-state index contributed by atoms with van der Waals surface area (Å²) in [5.41, 5.74) is 0. The Morgan fingerprint density at radius 2 is 0.720 bits per heavy atom. The molecule has 1 N–H and O–H groups in total. The minimum atomic E-state index is 0.280. The van der Waals surface area contributed by atoms with Crippen LogP contribution in [0.2, 0.25) is 0 Å². The Balaban J connectivity index is 4.30. The fourth-order valence-electron chi connectivity index (χ4n) is 6.91. The number of hydrogen-bond donors (Lipinski definition) is 1. The SMILES string of the molecule is CCCCCCCC(CCCCC)SC(=O)CCCCCCN(CCCCO)CCCCCCC(=O)SC(CCCCC)CCCCCCC. The number of unbranched alkanes of at least 4 members (excludes halogenated alkanes) is 19. The maximum atomic E-state index is 12.8. The van der Waals surface area contributed by atoms with Gasteiger partial charge in [0.05, 0.1) is 0 Å². The molecule has 0 saturated carbocycles. The monoisotopic (exact) mass is 742 g/mol. The zero-order chi connectivity index (χ0) is 36.8. The Labute approximate surface area is 322 Å². The third kappa shape index (κ3) is 35.0. The van der Waals surface area contributed by atoms with Crippen molar-refractivity contribution in [3.05, 3.63) is 0 Å². The number of aliphatic hydroxyl groups is 1. The molecule has 0 aliphatic heterocycles. The molecule has 2 atom stereocenters. The third-order valence-corrected chi connectivity index (χ3v) is 12.8. The molecular formula is C44H87NO3S2. The highest BCUT2D eigenvalue weighted by Gasteiger charge is 2.16. The van der Waals surface area contributed by atoms with E-state index in [1.165, 1.54) is 154 Å². The van der Waals surface area contributed by atoms with Crippen molar-refractivity contribution in [2.45, 2.75) is 244 Å². The quantitative estimate of drug-likeness (QED) is 0.0631. The Hall–Kier alpha value is -0.0400. The Morgan fingerprint density at radius 3 is 1.10 bits per heavy atom. The summed E-state index contributed by atoms with van der Waals surface area (Å²) in [4.78, 5) is 28.2. The topological polar surface area (TPSA) is 57.6 Å². The lowest BCUT2D eigenvalue weighted by Gasteiger charge is -2.22. The summed E-state index contributed by atoms with van der Waals surface area (Å²) >= 11 is 3.36. The molecule has 0 aliphatic carbocycles. The van der Waals surface area contributed by atoms with E-state index in [-0.39, 0.29) is 6.61 Å². The van der Waals surface area contributed by atoms with Gasteiger partial charge in [0, 0.05) is 29.9 Å². The molecule has 4 nitrogen and oxygen atoms in total. The zero-order valence-electron chi connectivity index (χ0n) is 34.1. The number of carbonyl (C=O) groups excluding carboxylic acids is 2. The third-order valence-electron chi connectivity index (χ3n) is 10.2. The van der Waals surface area contributed by atoms with Crippen LogP contribution in [0.15, 0.2) is 0 Å². The van der Waals surface area contributed by atoms with Crippen LogP contribution in [0.4, 0.5) is 0 Å². The van der Waals surface area contributed by atoms with Gasteiger partial charge in [-0.15, -0.1) is 0 Å². The molecule has 0 bridgehead atoms. The van der Waals surface area contributed by atoms with Gasteiger partial charge in [-0.25, -0.2) is 0 Å². The van der Waals surface area contributed by atoms with Crippen LogP contribution in [-0.4, -0.2) is 57.0 Å². The van der Waals surface area contributed by atoms with Gasteiger partial charge in [0.25, 0.3) is 0 Å². The van der Waals surface area contributed by atoms with Gasteiger partial charge in [-0.2, -0.15) is 0 Å². The number of carbonyl (C=O) groups is 2. The molecule has 0 spiro atoms. The fourth-order valence-corrected chi connectivity index (χ4v) is 9.31. The van der Waals surface area contributed by atoms with Crippen molar-refractivity contribution >= 4 is 33.8 Å². The normalized spacial score (nSPS) is 12.9. The highest BCUT2D eigenvalue weighted by molar-refractivity contribution is 8.14. The summed E-state index contributed by atoms with van der Waals surface area (Å²) in [5.74, 6) is 0. The van der Waals surface area contributed by atoms with Crippen LogP contribution in [0.25, 0.3) is 0 Å². The van der Waals surface area contributed by atoms with E-state index in [1.807, 2.05) is 0 Å². The van der Waals surface area contributed by atoms with Crippen LogP contribution in [-0.2, 0) is 9.59 Å². The lowest BCUT2D eigenvalue weighted by molar-refractivity contribution is -0.111. The molecule has 6 heteroatoms. The Bertz CT molecular complexity index is 667. The maximum Gasteiger partial charge on any atom is 0.189 e. The van der Waals surface area contributed by atoms with Gasteiger partial charge in [0.2, 0.25) is 0 Å². The number of hydrogen-bond acceptors (Lipinski definition) is 6. The number of rotatable bonds is 40. The predicted molar refractivity (Wildman–Crippen MR) is 227 cm³/mol. The summed E-state index contributed by atoms with van der Waals surface area (Å²) in [6.45, 7) is 12.7. The van der Waals surface area contributed by atoms with Crippen LogP contribution in [0, 0.1) is 0 Å². The van der Waals surface area contributed by atoms with Gasteiger partial charge in [-0.1, -0.05) is 180 Å². The van der Waals surface area contributed by atoms with Crippen LogP contribution in [0.3, 0.4) is 0 Å². The molecule has 0 aromatic rings. The van der Waals surface area contributed by atoms with Gasteiger partial charge in [0.1, 0.15) is 0 Å². The number of aliphatic hydroxyl groups excluding tert-OH is 1. The molecule has 0 aromatic heterocycles. The number of thioether (sulfide) groups is 2. The molecule has 2 unspecified atom stereocenters. The molecule has 0 heterocycles. The van der Waals surface area contributed by atoms with Crippen molar-refractivity contribution in [3.63, 3.8) is 0 Å². The summed E-state index contributed by atoms with van der Waals surface area (Å²) in [5, 5.41) is 11.2. The summed E-state index contributed by atoms with van der Waals surface area (Å²) < 4.78 is 0. The van der Waals surface area contributed by atoms with Gasteiger partial charge in [-0.3, -0.25) is 9.59 Å². The average Bonchev–Trinajstić information content (AvgIpc) is 3.10. The second-order valence-electron chi connectivity index (χ2n) is 15.2. The Morgan fingerprint density at radius 1 is 0.420 bits per heavy atom. The first-order valence-electron chi connectivity index (χ1n) is 22.2. The van der Waals surface area contributed by atoms with Crippen LogP contribution in [0.5, 0.6) is 0 Å². The largest absolute Gasteiger partial charge is 0.396 e. The minimum Gasteiger partial charge on any atom is -0.396 e. The van der Waals surface area contributed by atoms with Crippen molar-refractivity contribution in [2.24, 2.45) is 0 Å². The van der Waals surface area contributed by atoms with Gasteiger partial charge < -0.3 is 10.0 Å². The molecule has 0 rings (SSSR count). The lowest BCUT2D eigenvalue weighted by Crippen LogP contribution is -2.27. The first kappa shape index (κ1) is 50.0. The van der Waals surface area contributed by atoms with E-state index in [2.05, 4.69) is 32.6 Å². The summed E-state index contributed by atoms with van der Waals surface area (Å²) in [6, 6.07) is 0. The zero-order valence-corrected chi connectivity index (χ0v) is 35.8. The molecular weight excluding hydrogens is 655 g/mol. The molecule has 0 amide bonds. The van der Waals surface area contributed by atoms with Crippen molar-refractivity contribution in [1.29, 1.82) is 0 Å². The highest BCUT2D eigenvalue weighted by Crippen LogP contribution is 2.28. The van der Waals surface area contributed by atoms with E-state index >= 15 is 0 Å². The minimum absolute atomic E-state index is 0.280. The Kier molecular flexibility index (Phi) is 40.1. The first-order valence-corrected chi connectivity index (χ1v) is 24.0. The van der Waals surface area contributed by atoms with E-state index in [1.54, 1.807) is 23.5 Å². The van der Waals surface area contributed by atoms with Crippen molar-refractivity contribution in [1.82, 2.24) is 4.90 Å². The van der Waals surface area contributed by atoms with E-state index < -0.39 is 0 Å². The van der Waals surface area contributed by atoms with Crippen LogP contribution < -0.4 is 0 Å². The van der Waals surface area contributed by atoms with Crippen molar-refractivity contribution < 1.29 is 14.7 Å². The first-order chi connectivity index (χ1) is 24.5. The van der Waals surface area contributed by atoms with Gasteiger partial charge >= 0.3 is 0 Å². The average molecular weight is 742 g/mol. The second kappa shape index (κ2) is 40.2. The maximum absolute atomic E-state index is 12.8. The second-order valence-corrected chi connectivity index (χ2v) is 17.9. The van der Waals surface area contributed by atoms with Gasteiger partial charge in [-0.05, 0) is 83.8 Å². The van der Waals surface area contributed by atoms with Crippen molar-refractivity contribution in [3.8, 4) is 0 Å². The van der Waals surface area contributed by atoms with E-state index in [4.69, 9.17) is 0 Å². The summed E-state index contributed by atoms with van der Waals surface area (Å²) in [7, 11) is 0. The smallest absolute Gasteiger partial charge is 0.189 e. The van der Waals surface area contributed by atoms with E-state index in [0.717, 1.165) is 71.0 Å². The number of nitrogens with zero attached hydrogens (tertiary/aromatic N) is 1. The molecule has 298 valence electrons. The standard InChI is InChI=1S/C44H87NO3S2/c1-5-9-13-15-23-33-41(31-21-11-7-3)49-43(47)35-25-17-19-27-37-45(39-29-30-40-46)38-28-20-18-26-36-44(48)50-42(32-22-12-8-4)34-24-16-14-10-6-2/h41-42,46H,5-40H2,1-4H3. The molecule has 0 saturated heterocycles. The van der Waals surface area contributed by atoms with Crippen LogP contribution >= 0.6 is 23.5 Å². The highest BCUT2D eigenvalue weighted by atomic mass is 32.2. The van der Waals surface area contributed by atoms with Crippen molar-refractivity contribution in [2.75, 3.05) is 26.2 Å². The van der Waals surface area contributed by atoms with Crippen LogP contribution in [0.1, 0.15) is 233 Å². The predicted octanol–water partition coefficient (Wildman–Crippen LogP) is 14.1. The molecule has 0 aromatic carbocycles. The van der Waals surface area contributed by atoms with E-state index in [9.17, 15) is 14.7 Å². The lowest BCUT2D eigenvalue weighted by atomic mass is 10.1.